The number of hydrogen-bond donors (Lipinski definition) is 3. The summed E-state index contributed by atoms with van der Waals surface area (Å²) in [6.45, 7) is 6.05. The van der Waals surface area contributed by atoms with Crippen molar-refractivity contribution < 1.29 is 14.4 Å². The molecule has 1 aliphatic rings. The number of thiocarbonyl (C=S) groups is 1. The van der Waals surface area contributed by atoms with E-state index in [4.69, 9.17) is 12.2 Å². The molecule has 1 unspecified atom stereocenters. The van der Waals surface area contributed by atoms with Crippen LogP contribution in [0, 0.1) is 11.3 Å². The standard InChI is InChI=1S/C29H29N5O3S3/c1-4-25(27(37)33-28-24(15-30)23-12-13-34(18(3)36)16-26(23)40-28)39-22-7-5-6-21(14-22)32-29(38)31-20-10-8-19(9-11-20)17(2)35/h5-11,14,25H,4,12-13,16H2,1-3H3,(H,33,37)(H2,31,32,38). The zero-order chi connectivity index (χ0) is 28.8. The number of thiophene rings is 1. The topological polar surface area (TPSA) is 114 Å². The number of nitrogens with one attached hydrogen (secondary N) is 3. The highest BCUT2D eigenvalue weighted by Gasteiger charge is 2.27. The molecule has 11 heteroatoms. The van der Waals surface area contributed by atoms with Gasteiger partial charge in [-0.05, 0) is 80.0 Å². The number of carbonyl (C=O) groups is 3. The second-order valence-electron chi connectivity index (χ2n) is 9.25. The van der Waals surface area contributed by atoms with Crippen molar-refractivity contribution in [1.82, 2.24) is 4.90 Å². The Labute approximate surface area is 247 Å². The molecule has 0 aliphatic carbocycles. The largest absolute Gasteiger partial charge is 0.337 e. The zero-order valence-electron chi connectivity index (χ0n) is 22.4. The monoisotopic (exact) mass is 591 g/mol. The fraction of sp³-hybridized carbons (Fsp3) is 0.276. The summed E-state index contributed by atoms with van der Waals surface area (Å²) in [6.07, 6.45) is 1.20. The molecule has 0 saturated heterocycles. The molecule has 1 aliphatic heterocycles. The highest BCUT2D eigenvalue weighted by Crippen LogP contribution is 2.37. The molecule has 1 atom stereocenters. The number of amides is 2. The molecule has 40 heavy (non-hydrogen) atoms. The predicted molar refractivity (Wildman–Crippen MR) is 165 cm³/mol. The van der Waals surface area contributed by atoms with Crippen LogP contribution >= 0.6 is 35.3 Å². The van der Waals surface area contributed by atoms with Gasteiger partial charge in [-0.25, -0.2) is 0 Å². The smallest absolute Gasteiger partial charge is 0.238 e. The minimum Gasteiger partial charge on any atom is -0.337 e. The maximum absolute atomic E-state index is 13.3. The lowest BCUT2D eigenvalue weighted by molar-refractivity contribution is -0.129. The summed E-state index contributed by atoms with van der Waals surface area (Å²) in [7, 11) is 0. The summed E-state index contributed by atoms with van der Waals surface area (Å²) in [5, 5.41) is 19.6. The summed E-state index contributed by atoms with van der Waals surface area (Å²) in [4.78, 5) is 40.2. The summed E-state index contributed by atoms with van der Waals surface area (Å²) >= 11 is 8.26. The third kappa shape index (κ3) is 7.07. The molecule has 0 bridgehead atoms. The first-order valence-corrected chi connectivity index (χ1v) is 14.9. The molecule has 8 nitrogen and oxygen atoms in total. The molecule has 3 N–H and O–H groups in total. The van der Waals surface area contributed by atoms with Gasteiger partial charge in [-0.3, -0.25) is 14.4 Å². The third-order valence-corrected chi connectivity index (χ3v) is 9.13. The molecule has 0 fully saturated rings. The number of ketones is 1. The van der Waals surface area contributed by atoms with Crippen LogP contribution in [0.2, 0.25) is 0 Å². The Morgan fingerprint density at radius 3 is 2.48 bits per heavy atom. The van der Waals surface area contributed by atoms with E-state index in [-0.39, 0.29) is 22.8 Å². The van der Waals surface area contributed by atoms with Crippen molar-refractivity contribution in [2.45, 2.75) is 50.3 Å². The van der Waals surface area contributed by atoms with Crippen molar-refractivity contribution >= 4 is 74.4 Å². The molecule has 0 radical (unpaired) electrons. The van der Waals surface area contributed by atoms with Crippen LogP contribution in [0.1, 0.15) is 53.6 Å². The molecule has 2 heterocycles. The van der Waals surface area contributed by atoms with E-state index in [0.29, 0.717) is 47.2 Å². The number of carbonyl (C=O) groups excluding carboxylic acids is 3. The van der Waals surface area contributed by atoms with Gasteiger partial charge >= 0.3 is 0 Å². The lowest BCUT2D eigenvalue weighted by Crippen LogP contribution is -2.33. The second-order valence-corrected chi connectivity index (χ2v) is 12.0. The predicted octanol–water partition coefficient (Wildman–Crippen LogP) is 6.05. The highest BCUT2D eigenvalue weighted by atomic mass is 32.2. The minimum atomic E-state index is -0.375. The number of rotatable bonds is 8. The number of anilines is 3. The first kappa shape index (κ1) is 29.3. The van der Waals surface area contributed by atoms with Crippen LogP contribution in [0.3, 0.4) is 0 Å². The van der Waals surface area contributed by atoms with Gasteiger partial charge in [0, 0.05) is 40.2 Å². The van der Waals surface area contributed by atoms with E-state index in [1.807, 2.05) is 31.2 Å². The normalized spacial score (nSPS) is 13.0. The zero-order valence-corrected chi connectivity index (χ0v) is 24.8. The van der Waals surface area contributed by atoms with E-state index in [9.17, 15) is 19.6 Å². The van der Waals surface area contributed by atoms with E-state index in [2.05, 4.69) is 22.0 Å². The first-order chi connectivity index (χ1) is 19.2. The van der Waals surface area contributed by atoms with Crippen molar-refractivity contribution in [3.05, 3.63) is 70.1 Å². The highest BCUT2D eigenvalue weighted by molar-refractivity contribution is 8.00. The van der Waals surface area contributed by atoms with Crippen molar-refractivity contribution in [3.63, 3.8) is 0 Å². The fourth-order valence-electron chi connectivity index (χ4n) is 4.29. The number of nitrogens with zero attached hydrogens (tertiary/aromatic N) is 2. The van der Waals surface area contributed by atoms with Gasteiger partial charge in [0.15, 0.2) is 10.9 Å². The maximum Gasteiger partial charge on any atom is 0.238 e. The van der Waals surface area contributed by atoms with Gasteiger partial charge in [0.1, 0.15) is 11.1 Å². The lowest BCUT2D eigenvalue weighted by Gasteiger charge is -2.25. The van der Waals surface area contributed by atoms with Crippen LogP contribution in [0.5, 0.6) is 0 Å². The van der Waals surface area contributed by atoms with E-state index < -0.39 is 0 Å². The van der Waals surface area contributed by atoms with Gasteiger partial charge in [0.05, 0.1) is 17.4 Å². The van der Waals surface area contributed by atoms with Gasteiger partial charge < -0.3 is 20.9 Å². The minimum absolute atomic E-state index is 0.00153. The van der Waals surface area contributed by atoms with Crippen molar-refractivity contribution in [1.29, 1.82) is 5.26 Å². The van der Waals surface area contributed by atoms with Crippen LogP contribution in [0.4, 0.5) is 16.4 Å². The quantitative estimate of drug-likeness (QED) is 0.165. The Bertz CT molecular complexity index is 1490. The number of Topliss-reactive ketones (excluding diaryl/α,β-unsaturated/α-hetero) is 1. The summed E-state index contributed by atoms with van der Waals surface area (Å²) in [5.74, 6) is -0.167. The lowest BCUT2D eigenvalue weighted by atomic mass is 10.0. The molecule has 4 rings (SSSR count). The van der Waals surface area contributed by atoms with Crippen molar-refractivity contribution in [2.75, 3.05) is 22.5 Å². The van der Waals surface area contributed by atoms with Gasteiger partial charge in [-0.1, -0.05) is 13.0 Å². The van der Waals surface area contributed by atoms with E-state index >= 15 is 0 Å². The average molecular weight is 592 g/mol. The van der Waals surface area contributed by atoms with Gasteiger partial charge in [-0.15, -0.1) is 23.1 Å². The average Bonchev–Trinajstić information content (AvgIpc) is 3.28. The molecular formula is C29H29N5O3S3. The van der Waals surface area contributed by atoms with Crippen LogP contribution < -0.4 is 16.0 Å². The Hall–Kier alpha value is -3.72. The van der Waals surface area contributed by atoms with Crippen LogP contribution in [0.15, 0.2) is 53.4 Å². The Balaban J connectivity index is 1.39. The third-order valence-electron chi connectivity index (χ3n) is 6.43. The van der Waals surface area contributed by atoms with E-state index in [1.54, 1.807) is 36.1 Å². The van der Waals surface area contributed by atoms with Crippen LogP contribution in [0.25, 0.3) is 0 Å². The van der Waals surface area contributed by atoms with E-state index in [0.717, 1.165) is 26.7 Å². The van der Waals surface area contributed by atoms with Gasteiger partial charge in [0.2, 0.25) is 11.8 Å². The number of nitriles is 1. The number of benzene rings is 2. The van der Waals surface area contributed by atoms with Gasteiger partial charge in [-0.2, -0.15) is 5.26 Å². The molecule has 2 amide bonds. The van der Waals surface area contributed by atoms with Crippen molar-refractivity contribution in [3.8, 4) is 6.07 Å². The Kier molecular flexibility index (Phi) is 9.58. The van der Waals surface area contributed by atoms with Gasteiger partial charge in [0.25, 0.3) is 0 Å². The number of fused-ring (bicyclic) bond motifs is 1. The molecular weight excluding hydrogens is 563 g/mol. The molecule has 0 saturated carbocycles. The molecule has 2 aromatic carbocycles. The first-order valence-electron chi connectivity index (χ1n) is 12.7. The summed E-state index contributed by atoms with van der Waals surface area (Å²) in [5.41, 5.74) is 3.59. The number of thioether (sulfide) groups is 1. The van der Waals surface area contributed by atoms with Crippen molar-refractivity contribution in [2.24, 2.45) is 0 Å². The van der Waals surface area contributed by atoms with E-state index in [1.165, 1.54) is 30.0 Å². The Morgan fingerprint density at radius 1 is 1.10 bits per heavy atom. The summed E-state index contributed by atoms with van der Waals surface area (Å²) < 4.78 is 0. The summed E-state index contributed by atoms with van der Waals surface area (Å²) in [6, 6.07) is 17.0. The Morgan fingerprint density at radius 2 is 1.82 bits per heavy atom. The maximum atomic E-state index is 13.3. The molecule has 3 aromatic rings. The van der Waals surface area contributed by atoms with Crippen LogP contribution in [-0.2, 0) is 22.6 Å². The fourth-order valence-corrected chi connectivity index (χ4v) is 6.75. The molecule has 1 aromatic heterocycles. The number of hydrogen-bond acceptors (Lipinski definition) is 7. The van der Waals surface area contributed by atoms with Crippen LogP contribution in [-0.4, -0.2) is 39.4 Å². The second kappa shape index (κ2) is 13.1. The molecule has 206 valence electrons. The SMILES string of the molecule is CCC(Sc1cccc(NC(=S)Nc2ccc(C(C)=O)cc2)c1)C(=O)Nc1sc2c(c1C#N)CCN(C(C)=O)C2. The molecule has 0 spiro atoms.